The molecule has 2 aromatic carbocycles. The molecule has 0 spiro atoms. The van der Waals surface area contributed by atoms with Gasteiger partial charge in [-0.1, -0.05) is 67.4 Å². The van der Waals surface area contributed by atoms with Crippen molar-refractivity contribution in [1.29, 1.82) is 0 Å². The predicted octanol–water partition coefficient (Wildman–Crippen LogP) is 4.30. The number of nitrogens with zero attached hydrogens (tertiary/aromatic N) is 4. The van der Waals surface area contributed by atoms with Crippen LogP contribution in [0.2, 0.25) is 0 Å². The van der Waals surface area contributed by atoms with Crippen molar-refractivity contribution in [3.63, 3.8) is 0 Å². The van der Waals surface area contributed by atoms with Crippen LogP contribution in [-0.4, -0.2) is 32.3 Å². The van der Waals surface area contributed by atoms with Crippen molar-refractivity contribution in [2.24, 2.45) is 0 Å². The Hall–Kier alpha value is -3.02. The van der Waals surface area contributed by atoms with Crippen LogP contribution >= 0.6 is 0 Å². The molecule has 0 aliphatic carbocycles. The van der Waals surface area contributed by atoms with Gasteiger partial charge in [0, 0.05) is 13.1 Å². The first-order chi connectivity index (χ1) is 13.7. The van der Waals surface area contributed by atoms with Gasteiger partial charge in [-0.05, 0) is 29.7 Å². The van der Waals surface area contributed by atoms with Crippen molar-refractivity contribution in [1.82, 2.24) is 19.9 Å². The van der Waals surface area contributed by atoms with E-state index < -0.39 is 0 Å². The number of amides is 1. The maximum Gasteiger partial charge on any atom is 0.276 e. The highest BCUT2D eigenvalue weighted by Crippen LogP contribution is 2.12. The lowest BCUT2D eigenvalue weighted by Gasteiger charge is -2.21. The van der Waals surface area contributed by atoms with Crippen LogP contribution in [0.3, 0.4) is 0 Å². The van der Waals surface area contributed by atoms with Gasteiger partial charge in [-0.2, -0.15) is 0 Å². The second-order valence-electron chi connectivity index (χ2n) is 6.85. The summed E-state index contributed by atoms with van der Waals surface area (Å²) in [7, 11) is 0. The molecule has 0 fully saturated rings. The molecule has 0 saturated heterocycles. The van der Waals surface area contributed by atoms with Crippen LogP contribution in [0, 0.1) is 5.82 Å². The van der Waals surface area contributed by atoms with Gasteiger partial charge in [-0.15, -0.1) is 5.10 Å². The van der Waals surface area contributed by atoms with E-state index in [1.165, 1.54) is 12.1 Å². The summed E-state index contributed by atoms with van der Waals surface area (Å²) >= 11 is 0. The first-order valence-electron chi connectivity index (χ1n) is 9.63. The number of halogens is 1. The van der Waals surface area contributed by atoms with Crippen LogP contribution in [0.5, 0.6) is 0 Å². The molecule has 3 rings (SSSR count). The van der Waals surface area contributed by atoms with E-state index in [-0.39, 0.29) is 11.7 Å². The fraction of sp³-hybridized carbons (Fsp3) is 0.318. The molecule has 0 aliphatic rings. The van der Waals surface area contributed by atoms with Crippen LogP contribution in [0.1, 0.15) is 47.8 Å². The lowest BCUT2D eigenvalue weighted by Crippen LogP contribution is -2.32. The Balaban J connectivity index is 1.71. The highest BCUT2D eigenvalue weighted by Gasteiger charge is 2.19. The van der Waals surface area contributed by atoms with E-state index in [0.29, 0.717) is 25.3 Å². The molecule has 0 atom stereocenters. The quantitative estimate of drug-likeness (QED) is 0.520. The summed E-state index contributed by atoms with van der Waals surface area (Å²) in [6, 6.07) is 16.2. The average molecular weight is 380 g/mol. The first-order valence-corrected chi connectivity index (χ1v) is 9.63. The van der Waals surface area contributed by atoms with Gasteiger partial charge in [-0.25, -0.2) is 9.07 Å². The highest BCUT2D eigenvalue weighted by atomic mass is 19.1. The van der Waals surface area contributed by atoms with Gasteiger partial charge in [-0.3, -0.25) is 4.79 Å². The number of hydrogen-bond donors (Lipinski definition) is 0. The van der Waals surface area contributed by atoms with Gasteiger partial charge in [0.2, 0.25) is 0 Å². The SMILES string of the molecule is CCCCCN(Cc1ccc(F)cc1)C(=O)c1cn(Cc2ccccc2)nn1. The number of carbonyl (C=O) groups is 1. The normalized spacial score (nSPS) is 10.8. The average Bonchev–Trinajstić information content (AvgIpc) is 3.17. The second-order valence-corrected chi connectivity index (χ2v) is 6.85. The third-order valence-electron chi connectivity index (χ3n) is 4.55. The molecule has 0 radical (unpaired) electrons. The second kappa shape index (κ2) is 9.78. The molecule has 1 amide bonds. The maximum absolute atomic E-state index is 13.2. The number of unbranched alkanes of at least 4 members (excludes halogenated alkanes) is 2. The van der Waals surface area contributed by atoms with Crippen molar-refractivity contribution in [2.75, 3.05) is 6.54 Å². The minimum absolute atomic E-state index is 0.153. The lowest BCUT2D eigenvalue weighted by molar-refractivity contribution is 0.0734. The highest BCUT2D eigenvalue weighted by molar-refractivity contribution is 5.91. The van der Waals surface area contributed by atoms with Crippen molar-refractivity contribution in [3.05, 3.63) is 83.4 Å². The van der Waals surface area contributed by atoms with Gasteiger partial charge < -0.3 is 4.90 Å². The number of benzene rings is 2. The summed E-state index contributed by atoms with van der Waals surface area (Å²) in [6.07, 6.45) is 4.73. The largest absolute Gasteiger partial charge is 0.333 e. The zero-order valence-corrected chi connectivity index (χ0v) is 16.1. The topological polar surface area (TPSA) is 51.0 Å². The number of carbonyl (C=O) groups excluding carboxylic acids is 1. The fourth-order valence-corrected chi connectivity index (χ4v) is 3.02. The summed E-state index contributed by atoms with van der Waals surface area (Å²) in [5.74, 6) is -0.434. The lowest BCUT2D eigenvalue weighted by atomic mass is 10.1. The van der Waals surface area contributed by atoms with Crippen molar-refractivity contribution in [3.8, 4) is 0 Å². The zero-order valence-electron chi connectivity index (χ0n) is 16.1. The van der Waals surface area contributed by atoms with Gasteiger partial charge in [0.1, 0.15) is 5.82 Å². The Kier molecular flexibility index (Phi) is 6.89. The van der Waals surface area contributed by atoms with Crippen LogP contribution < -0.4 is 0 Å². The Morgan fingerprint density at radius 3 is 2.50 bits per heavy atom. The monoisotopic (exact) mass is 380 g/mol. The molecule has 6 heteroatoms. The molecule has 0 aliphatic heterocycles. The Morgan fingerprint density at radius 2 is 1.79 bits per heavy atom. The molecule has 0 saturated carbocycles. The maximum atomic E-state index is 13.2. The smallest absolute Gasteiger partial charge is 0.276 e. The van der Waals surface area contributed by atoms with Crippen molar-refractivity contribution >= 4 is 5.91 Å². The van der Waals surface area contributed by atoms with Gasteiger partial charge in [0.05, 0.1) is 12.7 Å². The Bertz CT molecular complexity index is 877. The van der Waals surface area contributed by atoms with Crippen LogP contribution in [0.15, 0.2) is 60.8 Å². The van der Waals surface area contributed by atoms with Crippen LogP contribution in [-0.2, 0) is 13.1 Å². The van der Waals surface area contributed by atoms with Crippen molar-refractivity contribution in [2.45, 2.75) is 39.3 Å². The third-order valence-corrected chi connectivity index (χ3v) is 4.55. The molecule has 3 aromatic rings. The van der Waals surface area contributed by atoms with E-state index in [1.54, 1.807) is 27.9 Å². The zero-order chi connectivity index (χ0) is 19.8. The predicted molar refractivity (Wildman–Crippen MR) is 106 cm³/mol. The molecule has 1 heterocycles. The van der Waals surface area contributed by atoms with E-state index in [2.05, 4.69) is 17.2 Å². The third kappa shape index (κ3) is 5.49. The molecule has 146 valence electrons. The molecule has 0 unspecified atom stereocenters. The molecule has 0 bridgehead atoms. The fourth-order valence-electron chi connectivity index (χ4n) is 3.02. The van der Waals surface area contributed by atoms with Crippen LogP contribution in [0.4, 0.5) is 4.39 Å². The van der Waals surface area contributed by atoms with E-state index in [9.17, 15) is 9.18 Å². The number of rotatable bonds is 9. The van der Waals surface area contributed by atoms with Gasteiger partial charge >= 0.3 is 0 Å². The summed E-state index contributed by atoms with van der Waals surface area (Å²) in [5, 5.41) is 8.18. The first kappa shape index (κ1) is 19.7. The molecule has 0 N–H and O–H groups in total. The minimum Gasteiger partial charge on any atom is -0.333 e. The molecular weight excluding hydrogens is 355 g/mol. The molecule has 1 aromatic heterocycles. The summed E-state index contributed by atoms with van der Waals surface area (Å²) in [4.78, 5) is 14.8. The summed E-state index contributed by atoms with van der Waals surface area (Å²) in [5.41, 5.74) is 2.31. The van der Waals surface area contributed by atoms with E-state index in [4.69, 9.17) is 0 Å². The van der Waals surface area contributed by atoms with Gasteiger partial charge in [0.15, 0.2) is 5.69 Å². The molecule has 5 nitrogen and oxygen atoms in total. The summed E-state index contributed by atoms with van der Waals surface area (Å²) in [6.45, 7) is 3.75. The molecular formula is C22H25FN4O. The Morgan fingerprint density at radius 1 is 1.04 bits per heavy atom. The summed E-state index contributed by atoms with van der Waals surface area (Å²) < 4.78 is 14.8. The van der Waals surface area contributed by atoms with Gasteiger partial charge in [0.25, 0.3) is 5.91 Å². The molecule has 28 heavy (non-hydrogen) atoms. The van der Waals surface area contributed by atoms with Crippen molar-refractivity contribution < 1.29 is 9.18 Å². The van der Waals surface area contributed by atoms with E-state index in [0.717, 1.165) is 30.4 Å². The Labute approximate surface area is 164 Å². The number of aromatic nitrogens is 3. The van der Waals surface area contributed by atoms with E-state index in [1.807, 2.05) is 30.3 Å². The minimum atomic E-state index is -0.281. The van der Waals surface area contributed by atoms with Crippen LogP contribution in [0.25, 0.3) is 0 Å². The number of hydrogen-bond acceptors (Lipinski definition) is 3. The van der Waals surface area contributed by atoms with E-state index >= 15 is 0 Å². The standard InChI is InChI=1S/C22H25FN4O/c1-2-3-7-14-26(15-19-10-12-20(23)13-11-19)22(28)21-17-27(25-24-21)16-18-8-5-4-6-9-18/h4-6,8-13,17H,2-3,7,14-16H2,1H3.